The van der Waals surface area contributed by atoms with Crippen molar-refractivity contribution in [3.63, 3.8) is 0 Å². The molecule has 0 spiro atoms. The molecule has 120 valence electrons. The molecule has 0 bridgehead atoms. The van der Waals surface area contributed by atoms with E-state index in [1.54, 1.807) is 0 Å². The van der Waals surface area contributed by atoms with Gasteiger partial charge in [-0.05, 0) is 24.3 Å². The molecule has 0 amide bonds. The van der Waals surface area contributed by atoms with E-state index in [4.69, 9.17) is 9.98 Å². The van der Waals surface area contributed by atoms with Crippen LogP contribution in [0.15, 0.2) is 70.6 Å². The van der Waals surface area contributed by atoms with Crippen LogP contribution in [0.3, 0.4) is 0 Å². The molecule has 2 rings (SSSR count). The van der Waals surface area contributed by atoms with Crippen molar-refractivity contribution in [2.24, 2.45) is 9.98 Å². The maximum Gasteiger partial charge on any atom is 0.112 e. The maximum atomic E-state index is 4.76. The minimum Gasteiger partial charge on any atom is -0.366 e. The van der Waals surface area contributed by atoms with Gasteiger partial charge in [0.2, 0.25) is 0 Å². The van der Waals surface area contributed by atoms with E-state index in [9.17, 15) is 0 Å². The quantitative estimate of drug-likeness (QED) is 0.632. The van der Waals surface area contributed by atoms with Gasteiger partial charge in [0.1, 0.15) is 11.7 Å². The number of amidine groups is 2. The van der Waals surface area contributed by atoms with Crippen molar-refractivity contribution in [3.05, 3.63) is 60.7 Å². The standard InChI is InChI=1S/C19H24N4/c1-22(2)18(20-16-11-7-5-8-12-16)15-19(23(3)4)21-17-13-9-6-10-14-17/h5-14H,15H2,1-4H3. The first-order chi connectivity index (χ1) is 11.1. The van der Waals surface area contributed by atoms with Crippen molar-refractivity contribution in [2.75, 3.05) is 28.2 Å². The van der Waals surface area contributed by atoms with Crippen LogP contribution >= 0.6 is 0 Å². The Morgan fingerprint density at radius 3 is 1.30 bits per heavy atom. The van der Waals surface area contributed by atoms with Crippen LogP contribution in [0.5, 0.6) is 0 Å². The molecule has 0 N–H and O–H groups in total. The predicted molar refractivity (Wildman–Crippen MR) is 99.1 cm³/mol. The van der Waals surface area contributed by atoms with Gasteiger partial charge in [-0.1, -0.05) is 36.4 Å². The van der Waals surface area contributed by atoms with Gasteiger partial charge < -0.3 is 9.80 Å². The van der Waals surface area contributed by atoms with Crippen LogP contribution in [0.2, 0.25) is 0 Å². The molecule has 0 atom stereocenters. The summed E-state index contributed by atoms with van der Waals surface area (Å²) in [6, 6.07) is 20.0. The number of nitrogens with zero attached hydrogens (tertiary/aromatic N) is 4. The van der Waals surface area contributed by atoms with Crippen LogP contribution in [0, 0.1) is 0 Å². The van der Waals surface area contributed by atoms with E-state index >= 15 is 0 Å². The fourth-order valence-electron chi connectivity index (χ4n) is 2.04. The summed E-state index contributed by atoms with van der Waals surface area (Å²) in [5, 5.41) is 0. The van der Waals surface area contributed by atoms with E-state index in [-0.39, 0.29) is 0 Å². The largest absolute Gasteiger partial charge is 0.366 e. The molecule has 0 saturated heterocycles. The minimum absolute atomic E-state index is 0.670. The summed E-state index contributed by atoms with van der Waals surface area (Å²) >= 11 is 0. The molecule has 0 aliphatic rings. The van der Waals surface area contributed by atoms with Gasteiger partial charge in [0.15, 0.2) is 0 Å². The molecule has 0 aliphatic heterocycles. The molecule has 2 aromatic carbocycles. The van der Waals surface area contributed by atoms with Gasteiger partial charge >= 0.3 is 0 Å². The summed E-state index contributed by atoms with van der Waals surface area (Å²) in [5.74, 6) is 1.94. The third-order valence-electron chi connectivity index (χ3n) is 3.38. The van der Waals surface area contributed by atoms with E-state index in [1.165, 1.54) is 0 Å². The van der Waals surface area contributed by atoms with Crippen LogP contribution < -0.4 is 0 Å². The van der Waals surface area contributed by atoms with Crippen molar-refractivity contribution >= 4 is 23.0 Å². The number of hydrogen-bond acceptors (Lipinski definition) is 2. The molecule has 0 aromatic heterocycles. The topological polar surface area (TPSA) is 31.2 Å². The summed E-state index contributed by atoms with van der Waals surface area (Å²) in [6.07, 6.45) is 0.670. The number of aliphatic imine (C=N–C) groups is 2. The lowest BCUT2D eigenvalue weighted by atomic mass is 10.2. The fraction of sp³-hybridized carbons (Fsp3) is 0.263. The Kier molecular flexibility index (Phi) is 5.92. The van der Waals surface area contributed by atoms with E-state index in [0.29, 0.717) is 6.42 Å². The number of hydrogen-bond donors (Lipinski definition) is 0. The molecule has 0 heterocycles. The smallest absolute Gasteiger partial charge is 0.112 e. The highest BCUT2D eigenvalue weighted by molar-refractivity contribution is 6.03. The molecule has 0 saturated carbocycles. The van der Waals surface area contributed by atoms with Crippen LogP contribution in [-0.2, 0) is 0 Å². The second kappa shape index (κ2) is 8.13. The molecule has 0 unspecified atom stereocenters. The molecule has 0 aliphatic carbocycles. The molecule has 4 nitrogen and oxygen atoms in total. The average Bonchev–Trinajstić information content (AvgIpc) is 2.55. The lowest BCUT2D eigenvalue weighted by Crippen LogP contribution is -2.31. The second-order valence-electron chi connectivity index (χ2n) is 5.69. The molecular formula is C19H24N4. The Morgan fingerprint density at radius 2 is 1.00 bits per heavy atom. The first-order valence-corrected chi connectivity index (χ1v) is 7.66. The van der Waals surface area contributed by atoms with Crippen LogP contribution in [0.1, 0.15) is 6.42 Å². The van der Waals surface area contributed by atoms with Gasteiger partial charge in [-0.3, -0.25) is 0 Å². The summed E-state index contributed by atoms with van der Waals surface area (Å²) in [4.78, 5) is 13.6. The zero-order chi connectivity index (χ0) is 16.7. The Bertz CT molecular complexity index is 599. The van der Waals surface area contributed by atoms with E-state index in [1.807, 2.05) is 98.7 Å². The number of rotatable bonds is 4. The van der Waals surface area contributed by atoms with Crippen LogP contribution in [-0.4, -0.2) is 49.7 Å². The third kappa shape index (κ3) is 5.25. The highest BCUT2D eigenvalue weighted by Gasteiger charge is 2.10. The molecule has 2 aromatic rings. The normalized spacial score (nSPS) is 12.2. The van der Waals surface area contributed by atoms with Crippen LogP contribution in [0.4, 0.5) is 11.4 Å². The lowest BCUT2D eigenvalue weighted by molar-refractivity contribution is 0.588. The highest BCUT2D eigenvalue weighted by atomic mass is 15.2. The van der Waals surface area contributed by atoms with Crippen molar-refractivity contribution in [3.8, 4) is 0 Å². The van der Waals surface area contributed by atoms with Gasteiger partial charge in [0, 0.05) is 28.2 Å². The molecular weight excluding hydrogens is 284 g/mol. The highest BCUT2D eigenvalue weighted by Crippen LogP contribution is 2.15. The summed E-state index contributed by atoms with van der Waals surface area (Å²) in [6.45, 7) is 0. The molecule has 4 heteroatoms. The first kappa shape index (κ1) is 16.7. The van der Waals surface area contributed by atoms with Crippen molar-refractivity contribution in [1.82, 2.24) is 9.80 Å². The summed E-state index contributed by atoms with van der Waals surface area (Å²) < 4.78 is 0. The summed E-state index contributed by atoms with van der Waals surface area (Å²) in [7, 11) is 8.05. The number of benzene rings is 2. The average molecular weight is 308 g/mol. The first-order valence-electron chi connectivity index (χ1n) is 7.66. The SMILES string of the molecule is CN(C)C(CC(=Nc1ccccc1)N(C)C)=Nc1ccccc1. The lowest BCUT2D eigenvalue weighted by Gasteiger charge is -2.21. The Labute approximate surface area is 138 Å². The molecule has 0 radical (unpaired) electrons. The van der Waals surface area contributed by atoms with E-state index < -0.39 is 0 Å². The third-order valence-corrected chi connectivity index (χ3v) is 3.38. The number of para-hydroxylation sites is 2. The van der Waals surface area contributed by atoms with Crippen molar-refractivity contribution < 1.29 is 0 Å². The predicted octanol–water partition coefficient (Wildman–Crippen LogP) is 3.96. The van der Waals surface area contributed by atoms with Gasteiger partial charge in [-0.2, -0.15) is 0 Å². The summed E-state index contributed by atoms with van der Waals surface area (Å²) in [5.41, 5.74) is 1.91. The zero-order valence-electron chi connectivity index (χ0n) is 14.3. The Hall–Kier alpha value is -2.62. The monoisotopic (exact) mass is 308 g/mol. The second-order valence-corrected chi connectivity index (χ2v) is 5.69. The van der Waals surface area contributed by atoms with Gasteiger partial charge in [0.25, 0.3) is 0 Å². The van der Waals surface area contributed by atoms with Crippen molar-refractivity contribution in [1.29, 1.82) is 0 Å². The van der Waals surface area contributed by atoms with Crippen LogP contribution in [0.25, 0.3) is 0 Å². The zero-order valence-corrected chi connectivity index (χ0v) is 14.3. The van der Waals surface area contributed by atoms with Gasteiger partial charge in [-0.15, -0.1) is 0 Å². The van der Waals surface area contributed by atoms with Gasteiger partial charge in [-0.25, -0.2) is 9.98 Å². The van der Waals surface area contributed by atoms with Gasteiger partial charge in [0.05, 0.1) is 17.8 Å². The minimum atomic E-state index is 0.670. The van der Waals surface area contributed by atoms with E-state index in [0.717, 1.165) is 23.0 Å². The molecule has 0 fully saturated rings. The van der Waals surface area contributed by atoms with Crippen molar-refractivity contribution in [2.45, 2.75) is 6.42 Å². The Balaban J connectivity index is 2.29. The molecule has 23 heavy (non-hydrogen) atoms. The fourth-order valence-corrected chi connectivity index (χ4v) is 2.04. The van der Waals surface area contributed by atoms with E-state index in [2.05, 4.69) is 0 Å². The Morgan fingerprint density at radius 1 is 0.652 bits per heavy atom. The maximum absolute atomic E-state index is 4.76.